The summed E-state index contributed by atoms with van der Waals surface area (Å²) in [7, 11) is 0. The first-order chi connectivity index (χ1) is 21.1. The Morgan fingerprint density at radius 2 is 1.00 bits per heavy atom. The fourth-order valence-corrected chi connectivity index (χ4v) is 7.09. The molecule has 0 heterocycles. The van der Waals surface area contributed by atoms with Gasteiger partial charge in [0.1, 0.15) is 17.2 Å². The average molecular weight is 591 g/mol. The summed E-state index contributed by atoms with van der Waals surface area (Å²) in [5, 5.41) is 0. The van der Waals surface area contributed by atoms with Crippen LogP contribution < -0.4 is 14.2 Å². The molecule has 0 saturated heterocycles. The van der Waals surface area contributed by atoms with Crippen LogP contribution in [0.1, 0.15) is 140 Å². The number of benzene rings is 2. The molecule has 2 fully saturated rings. The monoisotopic (exact) mass is 590 g/mol. The lowest BCUT2D eigenvalue weighted by Crippen LogP contribution is -2.20. The van der Waals surface area contributed by atoms with E-state index < -0.39 is 0 Å². The molecule has 238 valence electrons. The van der Waals surface area contributed by atoms with Crippen LogP contribution in [0.4, 0.5) is 0 Å². The highest BCUT2D eigenvalue weighted by atomic mass is 16.5. The molecular formula is C39H58O4. The molecule has 2 saturated carbocycles. The second-order valence-electron chi connectivity index (χ2n) is 13.5. The summed E-state index contributed by atoms with van der Waals surface area (Å²) in [6.45, 7) is 6.07. The molecule has 0 unspecified atom stereocenters. The van der Waals surface area contributed by atoms with Crippen molar-refractivity contribution in [3.8, 4) is 17.2 Å². The minimum absolute atomic E-state index is 0.360. The largest absolute Gasteiger partial charge is 0.494 e. The van der Waals surface area contributed by atoms with Crippen molar-refractivity contribution in [2.45, 2.75) is 129 Å². The average Bonchev–Trinajstić information content (AvgIpc) is 3.04. The van der Waals surface area contributed by atoms with Gasteiger partial charge in [0.15, 0.2) is 0 Å². The molecule has 2 aliphatic rings. The maximum Gasteiger partial charge on any atom is 0.343 e. The van der Waals surface area contributed by atoms with Gasteiger partial charge in [-0.25, -0.2) is 4.79 Å². The van der Waals surface area contributed by atoms with Gasteiger partial charge in [-0.1, -0.05) is 104 Å². The maximum atomic E-state index is 12.7. The third-order valence-electron chi connectivity index (χ3n) is 10.00. The van der Waals surface area contributed by atoms with Crippen molar-refractivity contribution >= 4 is 5.97 Å². The third-order valence-corrected chi connectivity index (χ3v) is 10.00. The smallest absolute Gasteiger partial charge is 0.343 e. The Morgan fingerprint density at radius 3 is 1.53 bits per heavy atom. The van der Waals surface area contributed by atoms with Crippen molar-refractivity contribution in [3.63, 3.8) is 0 Å². The van der Waals surface area contributed by atoms with Crippen LogP contribution in [0.3, 0.4) is 0 Å². The Labute approximate surface area is 262 Å². The number of hydrogen-bond acceptors (Lipinski definition) is 4. The lowest BCUT2D eigenvalue weighted by atomic mass is 9.78. The van der Waals surface area contributed by atoms with E-state index in [0.717, 1.165) is 48.9 Å². The molecule has 2 aromatic carbocycles. The first-order valence-electron chi connectivity index (χ1n) is 17.8. The number of esters is 1. The molecular weight excluding hydrogens is 532 g/mol. The fraction of sp³-hybridized carbons (Fsp3) is 0.667. The van der Waals surface area contributed by atoms with Crippen molar-refractivity contribution in [1.29, 1.82) is 0 Å². The summed E-state index contributed by atoms with van der Waals surface area (Å²) in [6, 6.07) is 14.7. The number of carbonyl (C=O) groups excluding carboxylic acids is 1. The second-order valence-corrected chi connectivity index (χ2v) is 13.5. The van der Waals surface area contributed by atoms with Gasteiger partial charge in [0.05, 0.1) is 18.8 Å². The van der Waals surface area contributed by atoms with Crippen molar-refractivity contribution in [2.75, 3.05) is 13.2 Å². The van der Waals surface area contributed by atoms with Gasteiger partial charge < -0.3 is 14.2 Å². The Morgan fingerprint density at radius 1 is 0.558 bits per heavy atom. The summed E-state index contributed by atoms with van der Waals surface area (Å²) >= 11 is 0. The molecule has 43 heavy (non-hydrogen) atoms. The van der Waals surface area contributed by atoms with E-state index in [4.69, 9.17) is 14.2 Å². The van der Waals surface area contributed by atoms with Gasteiger partial charge in [-0.2, -0.15) is 0 Å². The maximum absolute atomic E-state index is 12.7. The first-order valence-corrected chi connectivity index (χ1v) is 17.8. The fourth-order valence-electron chi connectivity index (χ4n) is 7.09. The Kier molecular flexibility index (Phi) is 14.8. The van der Waals surface area contributed by atoms with Gasteiger partial charge in [0.2, 0.25) is 0 Å². The number of rotatable bonds is 18. The molecule has 0 atom stereocenters. The Bertz CT molecular complexity index is 1010. The van der Waals surface area contributed by atoms with Crippen molar-refractivity contribution in [3.05, 3.63) is 54.1 Å². The van der Waals surface area contributed by atoms with Crippen LogP contribution in [0.15, 0.2) is 48.5 Å². The highest BCUT2D eigenvalue weighted by Gasteiger charge is 2.22. The van der Waals surface area contributed by atoms with E-state index in [1.54, 1.807) is 12.1 Å². The van der Waals surface area contributed by atoms with Gasteiger partial charge in [0, 0.05) is 0 Å². The Hall–Kier alpha value is -2.49. The van der Waals surface area contributed by atoms with E-state index in [-0.39, 0.29) is 5.97 Å². The topological polar surface area (TPSA) is 44.8 Å². The molecule has 0 amide bonds. The van der Waals surface area contributed by atoms with Crippen LogP contribution in [0.25, 0.3) is 0 Å². The zero-order valence-electron chi connectivity index (χ0n) is 27.2. The third kappa shape index (κ3) is 12.2. The number of hydrogen-bond donors (Lipinski definition) is 0. The predicted molar refractivity (Wildman–Crippen MR) is 177 cm³/mol. The minimum atomic E-state index is -0.360. The van der Waals surface area contributed by atoms with Crippen molar-refractivity contribution in [1.82, 2.24) is 0 Å². The van der Waals surface area contributed by atoms with E-state index in [1.807, 2.05) is 36.4 Å². The lowest BCUT2D eigenvalue weighted by molar-refractivity contribution is 0.0734. The summed E-state index contributed by atoms with van der Waals surface area (Å²) in [6.07, 6.45) is 24.3. The van der Waals surface area contributed by atoms with E-state index >= 15 is 0 Å². The molecule has 0 bridgehead atoms. The van der Waals surface area contributed by atoms with E-state index in [0.29, 0.717) is 17.2 Å². The highest BCUT2D eigenvalue weighted by molar-refractivity contribution is 5.91. The molecule has 4 rings (SSSR count). The van der Waals surface area contributed by atoms with Gasteiger partial charge in [-0.3, -0.25) is 0 Å². The van der Waals surface area contributed by atoms with Crippen molar-refractivity contribution < 1.29 is 19.0 Å². The lowest BCUT2D eigenvalue weighted by Gasteiger charge is -2.28. The summed E-state index contributed by atoms with van der Waals surface area (Å²) < 4.78 is 17.7. The van der Waals surface area contributed by atoms with E-state index in [2.05, 4.69) is 13.8 Å². The molecule has 4 heteroatoms. The molecule has 2 aromatic rings. The summed E-state index contributed by atoms with van der Waals surface area (Å²) in [5.41, 5.74) is 0.522. The zero-order valence-corrected chi connectivity index (χ0v) is 27.2. The molecule has 4 nitrogen and oxygen atoms in total. The van der Waals surface area contributed by atoms with Crippen LogP contribution in [0.2, 0.25) is 0 Å². The number of ether oxygens (including phenoxy) is 3. The van der Waals surface area contributed by atoms with Crippen LogP contribution in [0, 0.1) is 23.7 Å². The summed E-state index contributed by atoms with van der Waals surface area (Å²) in [5.74, 6) is 5.23. The minimum Gasteiger partial charge on any atom is -0.494 e. The molecule has 2 aliphatic carbocycles. The molecule has 0 spiro atoms. The van der Waals surface area contributed by atoms with Crippen LogP contribution in [-0.2, 0) is 0 Å². The highest BCUT2D eigenvalue weighted by Crippen LogP contribution is 2.35. The van der Waals surface area contributed by atoms with Gasteiger partial charge in [0.25, 0.3) is 0 Å². The second kappa shape index (κ2) is 19.0. The van der Waals surface area contributed by atoms with Crippen LogP contribution in [-0.4, -0.2) is 19.2 Å². The quantitative estimate of drug-likeness (QED) is 0.0984. The first kappa shape index (κ1) is 33.4. The number of unbranched alkanes of at least 4 members (excludes halogenated alkanes) is 4. The van der Waals surface area contributed by atoms with Gasteiger partial charge in [-0.15, -0.1) is 0 Å². The SMILES string of the molecule is CCCCCC1CCC(CCCOc2ccc(C(=O)Oc3ccc(OCC4CCC(CCCCC)CC4)cc3)cc2)CC1. The van der Waals surface area contributed by atoms with Gasteiger partial charge >= 0.3 is 5.97 Å². The standard InChI is InChI=1S/C39H58O4/c1-3-5-7-10-31-13-15-33(16-14-31)12-9-29-41-36-23-21-35(22-24-36)39(40)43-38-27-25-37(26-28-38)42-30-34-19-17-32(18-20-34)11-8-6-4-2/h21-28,31-34H,3-20,29-30H2,1-2H3. The van der Waals surface area contributed by atoms with Crippen LogP contribution >= 0.6 is 0 Å². The van der Waals surface area contributed by atoms with E-state index in [9.17, 15) is 4.79 Å². The van der Waals surface area contributed by atoms with E-state index in [1.165, 1.54) is 109 Å². The normalized spacial score (nSPS) is 22.2. The van der Waals surface area contributed by atoms with Gasteiger partial charge in [-0.05, 0) is 97.9 Å². The predicted octanol–water partition coefficient (Wildman–Crippen LogP) is 11.2. The van der Waals surface area contributed by atoms with Crippen LogP contribution in [0.5, 0.6) is 17.2 Å². The molecule has 0 radical (unpaired) electrons. The molecule has 0 N–H and O–H groups in total. The summed E-state index contributed by atoms with van der Waals surface area (Å²) in [4.78, 5) is 12.7. The Balaban J connectivity index is 1.08. The number of carbonyl (C=O) groups is 1. The van der Waals surface area contributed by atoms with Crippen molar-refractivity contribution in [2.24, 2.45) is 23.7 Å². The molecule has 0 aliphatic heterocycles. The molecule has 0 aromatic heterocycles. The zero-order chi connectivity index (χ0) is 30.1.